The molecule has 14 heteroatoms. The SMILES string of the molecule is CC/C=C\C/C=C\C/C=C\C/C=C\C/C=C\C/C=C\C/C=C\C/C=C\C/C=C\CCCCCCCC(=O)NC(COC1OC(CO)C(OC2OC(CO)C(O)C(O)C2O)C(O)C1O)C(O)CCCCCCC. The number of rotatable bonds is 40. The Morgan fingerprint density at radius 1 is 0.514 bits per heavy atom. The molecule has 0 spiro atoms. The highest BCUT2D eigenvalue weighted by Crippen LogP contribution is 2.30. The minimum absolute atomic E-state index is 0.239. The number of aliphatic hydroxyl groups excluding tert-OH is 8. The maximum Gasteiger partial charge on any atom is 0.220 e. The summed E-state index contributed by atoms with van der Waals surface area (Å²) in [6, 6.07) is -0.843. The van der Waals surface area contributed by atoms with Crippen LogP contribution in [0.25, 0.3) is 0 Å². The predicted octanol–water partition coefficient (Wildman–Crippen LogP) is 8.10. The fourth-order valence-electron chi connectivity index (χ4n) is 8.11. The number of nitrogens with one attached hydrogen (secondary N) is 1. The summed E-state index contributed by atoms with van der Waals surface area (Å²) in [6.45, 7) is 2.59. The second-order valence-electron chi connectivity index (χ2n) is 18.6. The van der Waals surface area contributed by atoms with Gasteiger partial charge in [-0.2, -0.15) is 0 Å². The molecule has 2 heterocycles. The number of unbranched alkanes of at least 4 members (excludes halogenated alkanes) is 9. The van der Waals surface area contributed by atoms with E-state index in [2.05, 4.69) is 129 Å². The van der Waals surface area contributed by atoms with Gasteiger partial charge >= 0.3 is 0 Å². The molecule has 2 saturated heterocycles. The molecular weight excluding hydrogens is 919 g/mol. The number of hydrogen-bond acceptors (Lipinski definition) is 13. The van der Waals surface area contributed by atoms with Crippen LogP contribution in [0.15, 0.2) is 109 Å². The number of carbonyl (C=O) groups excluding carboxylic acids is 1. The molecule has 2 aliphatic heterocycles. The normalized spacial score (nSPS) is 26.5. The van der Waals surface area contributed by atoms with Gasteiger partial charge in [0.2, 0.25) is 5.91 Å². The van der Waals surface area contributed by atoms with Crippen LogP contribution in [0, 0.1) is 0 Å². The van der Waals surface area contributed by atoms with Gasteiger partial charge in [-0.25, -0.2) is 0 Å². The molecular formula is C58H95NO13. The fourth-order valence-corrected chi connectivity index (χ4v) is 8.11. The van der Waals surface area contributed by atoms with Crippen molar-refractivity contribution in [1.29, 1.82) is 0 Å². The molecule has 0 saturated carbocycles. The Morgan fingerprint density at radius 2 is 0.958 bits per heavy atom. The predicted molar refractivity (Wildman–Crippen MR) is 285 cm³/mol. The number of ether oxygens (including phenoxy) is 4. The number of carbonyl (C=O) groups is 1. The van der Waals surface area contributed by atoms with Crippen molar-refractivity contribution < 1.29 is 64.6 Å². The van der Waals surface area contributed by atoms with Crippen molar-refractivity contribution in [2.24, 2.45) is 0 Å². The highest BCUT2D eigenvalue weighted by molar-refractivity contribution is 5.76. The lowest BCUT2D eigenvalue weighted by Gasteiger charge is -2.46. The monoisotopic (exact) mass is 1010 g/mol. The minimum atomic E-state index is -1.79. The van der Waals surface area contributed by atoms with Crippen LogP contribution < -0.4 is 5.32 Å². The summed E-state index contributed by atoms with van der Waals surface area (Å²) < 4.78 is 22.6. The van der Waals surface area contributed by atoms with E-state index < -0.39 is 86.8 Å². The van der Waals surface area contributed by atoms with E-state index in [4.69, 9.17) is 18.9 Å². The zero-order valence-corrected chi connectivity index (χ0v) is 43.6. The topological polar surface area (TPSA) is 228 Å². The Labute approximate surface area is 432 Å². The summed E-state index contributed by atoms with van der Waals surface area (Å²) in [5.74, 6) is -0.239. The Balaban J connectivity index is 1.63. The van der Waals surface area contributed by atoms with E-state index in [1.54, 1.807) is 0 Å². The van der Waals surface area contributed by atoms with Crippen LogP contribution in [0.5, 0.6) is 0 Å². The Hall–Kier alpha value is -3.35. The lowest BCUT2D eigenvalue weighted by Crippen LogP contribution is -2.65. The zero-order valence-electron chi connectivity index (χ0n) is 43.6. The molecule has 2 fully saturated rings. The standard InChI is InChI=1S/C58H95NO13/c1-3-5-7-9-10-11-12-13-14-15-16-17-18-19-20-21-22-23-24-25-26-27-28-29-30-31-32-33-34-35-36-38-40-42-50(63)59-46(47(62)41-39-37-8-6-4-2)45-69-57-55(68)53(66)56(49(44-61)71-57)72-58-54(67)52(65)51(64)48(43-60)70-58/h5,7,10-11,13-14,16-17,19-20,22-23,25-26,28-29,31-32,46-49,51-58,60-62,64-68H,3-4,6,8-9,12,15,18,21,24,27,30,33-45H2,1-2H3,(H,59,63)/b7-5-,11-10-,14-13-,17-16-,20-19-,23-22-,26-25-,29-28-,32-31-. The van der Waals surface area contributed by atoms with Gasteiger partial charge in [-0.05, 0) is 83.5 Å². The fraction of sp³-hybridized carbons (Fsp3) is 0.672. The molecule has 12 unspecified atom stereocenters. The average Bonchev–Trinajstić information content (AvgIpc) is 3.38. The number of aliphatic hydroxyl groups is 8. The largest absolute Gasteiger partial charge is 0.394 e. The van der Waals surface area contributed by atoms with Crippen molar-refractivity contribution in [3.63, 3.8) is 0 Å². The summed E-state index contributed by atoms with van der Waals surface area (Å²) in [6.07, 6.45) is 43.1. The van der Waals surface area contributed by atoms with Gasteiger partial charge in [0.05, 0.1) is 32.0 Å². The molecule has 1 amide bonds. The van der Waals surface area contributed by atoms with Gasteiger partial charge < -0.3 is 65.1 Å². The Kier molecular flexibility index (Phi) is 38.6. The van der Waals surface area contributed by atoms with Gasteiger partial charge in [0.25, 0.3) is 0 Å². The van der Waals surface area contributed by atoms with Crippen LogP contribution in [-0.4, -0.2) is 140 Å². The summed E-state index contributed by atoms with van der Waals surface area (Å²) in [4.78, 5) is 13.1. The third kappa shape index (κ3) is 28.9. The summed E-state index contributed by atoms with van der Waals surface area (Å²) in [5, 5.41) is 86.4. The van der Waals surface area contributed by atoms with Crippen molar-refractivity contribution in [2.45, 2.75) is 229 Å². The third-order valence-electron chi connectivity index (χ3n) is 12.5. The first-order valence-electron chi connectivity index (χ1n) is 27.1. The molecule has 0 aromatic heterocycles. The second-order valence-corrected chi connectivity index (χ2v) is 18.6. The van der Waals surface area contributed by atoms with Gasteiger partial charge in [0, 0.05) is 6.42 Å². The van der Waals surface area contributed by atoms with E-state index in [-0.39, 0.29) is 18.9 Å². The summed E-state index contributed by atoms with van der Waals surface area (Å²) in [5.41, 5.74) is 0. The molecule has 12 atom stereocenters. The lowest BCUT2D eigenvalue weighted by molar-refractivity contribution is -0.359. The first kappa shape index (κ1) is 64.8. The Bertz CT molecular complexity index is 1620. The van der Waals surface area contributed by atoms with Crippen molar-refractivity contribution in [1.82, 2.24) is 5.32 Å². The summed E-state index contributed by atoms with van der Waals surface area (Å²) >= 11 is 0. The second kappa shape index (κ2) is 42.9. The van der Waals surface area contributed by atoms with E-state index in [0.29, 0.717) is 12.8 Å². The molecule has 72 heavy (non-hydrogen) atoms. The molecule has 410 valence electrons. The van der Waals surface area contributed by atoms with Crippen LogP contribution in [0.1, 0.15) is 155 Å². The van der Waals surface area contributed by atoms with Gasteiger partial charge in [-0.3, -0.25) is 4.79 Å². The van der Waals surface area contributed by atoms with Crippen LogP contribution in [-0.2, 0) is 23.7 Å². The molecule has 2 rings (SSSR count). The van der Waals surface area contributed by atoms with Gasteiger partial charge in [-0.1, -0.05) is 175 Å². The molecule has 14 nitrogen and oxygen atoms in total. The number of amides is 1. The molecule has 0 aromatic carbocycles. The van der Waals surface area contributed by atoms with Crippen LogP contribution in [0.4, 0.5) is 0 Å². The smallest absolute Gasteiger partial charge is 0.220 e. The van der Waals surface area contributed by atoms with Crippen molar-refractivity contribution >= 4 is 5.91 Å². The Morgan fingerprint density at radius 3 is 1.47 bits per heavy atom. The van der Waals surface area contributed by atoms with E-state index in [9.17, 15) is 45.6 Å². The van der Waals surface area contributed by atoms with Crippen LogP contribution >= 0.6 is 0 Å². The highest BCUT2D eigenvalue weighted by Gasteiger charge is 2.51. The number of hydrogen-bond donors (Lipinski definition) is 9. The van der Waals surface area contributed by atoms with Gasteiger partial charge in [0.15, 0.2) is 12.6 Å². The van der Waals surface area contributed by atoms with Crippen molar-refractivity contribution in [3.8, 4) is 0 Å². The van der Waals surface area contributed by atoms with E-state index in [1.165, 1.54) is 0 Å². The highest BCUT2D eigenvalue weighted by atomic mass is 16.7. The molecule has 2 aliphatic rings. The van der Waals surface area contributed by atoms with Gasteiger partial charge in [-0.15, -0.1) is 0 Å². The van der Waals surface area contributed by atoms with Crippen molar-refractivity contribution in [2.75, 3.05) is 19.8 Å². The molecule has 0 aromatic rings. The van der Waals surface area contributed by atoms with Crippen molar-refractivity contribution in [3.05, 3.63) is 109 Å². The summed E-state index contributed by atoms with van der Waals surface area (Å²) in [7, 11) is 0. The quantitative estimate of drug-likeness (QED) is 0.0209. The first-order chi connectivity index (χ1) is 35.1. The van der Waals surface area contributed by atoms with Gasteiger partial charge in [0.1, 0.15) is 48.8 Å². The molecule has 0 bridgehead atoms. The average molecular weight is 1010 g/mol. The molecule has 0 aliphatic carbocycles. The maximum atomic E-state index is 13.1. The van der Waals surface area contributed by atoms with E-state index >= 15 is 0 Å². The van der Waals surface area contributed by atoms with Crippen LogP contribution in [0.3, 0.4) is 0 Å². The molecule has 0 radical (unpaired) electrons. The number of allylic oxidation sites excluding steroid dienone is 18. The molecule has 9 N–H and O–H groups in total. The zero-order chi connectivity index (χ0) is 52.4. The maximum absolute atomic E-state index is 13.1. The van der Waals surface area contributed by atoms with Crippen LogP contribution in [0.2, 0.25) is 0 Å². The minimum Gasteiger partial charge on any atom is -0.394 e. The van der Waals surface area contributed by atoms with E-state index in [0.717, 1.165) is 122 Å². The third-order valence-corrected chi connectivity index (χ3v) is 12.5. The lowest BCUT2D eigenvalue weighted by atomic mass is 9.97. The first-order valence-corrected chi connectivity index (χ1v) is 27.1. The van der Waals surface area contributed by atoms with E-state index in [1.807, 2.05) is 0 Å².